The van der Waals surface area contributed by atoms with E-state index in [1.807, 2.05) is 19.0 Å². The summed E-state index contributed by atoms with van der Waals surface area (Å²) in [6.07, 6.45) is 0. The highest BCUT2D eigenvalue weighted by Crippen LogP contribution is 2.25. The summed E-state index contributed by atoms with van der Waals surface area (Å²) in [4.78, 5) is 12.1. The number of benzene rings is 1. The molecule has 0 radical (unpaired) electrons. The molecule has 76 valence electrons. The molecule has 0 saturated heterocycles. The quantitative estimate of drug-likeness (QED) is 0.441. The highest BCUT2D eigenvalue weighted by molar-refractivity contribution is 6.17. The Labute approximate surface area is 87.2 Å². The van der Waals surface area contributed by atoms with Crippen LogP contribution in [0.5, 0.6) is 0 Å². The van der Waals surface area contributed by atoms with Crippen LogP contribution in [-0.4, -0.2) is 19.0 Å². The Morgan fingerprint density at radius 2 is 2.14 bits per heavy atom. The van der Waals surface area contributed by atoms with E-state index in [-0.39, 0.29) is 11.6 Å². The van der Waals surface area contributed by atoms with Gasteiger partial charge in [0.1, 0.15) is 0 Å². The van der Waals surface area contributed by atoms with E-state index in [0.29, 0.717) is 5.56 Å². The number of nitro benzene ring substituents is 1. The smallest absolute Gasteiger partial charge is 0.273 e. The van der Waals surface area contributed by atoms with Gasteiger partial charge in [-0.25, -0.2) is 0 Å². The van der Waals surface area contributed by atoms with Crippen molar-refractivity contribution in [3.8, 4) is 0 Å². The second kappa shape index (κ2) is 4.28. The van der Waals surface area contributed by atoms with E-state index in [1.165, 1.54) is 6.07 Å². The summed E-state index contributed by atoms with van der Waals surface area (Å²) in [6.45, 7) is 0. The van der Waals surface area contributed by atoms with Crippen molar-refractivity contribution in [3.05, 3.63) is 33.9 Å². The molecule has 14 heavy (non-hydrogen) atoms. The average molecular weight is 215 g/mol. The van der Waals surface area contributed by atoms with Gasteiger partial charge < -0.3 is 4.90 Å². The lowest BCUT2D eigenvalue weighted by molar-refractivity contribution is -0.385. The normalized spacial score (nSPS) is 9.93. The van der Waals surface area contributed by atoms with Crippen molar-refractivity contribution >= 4 is 23.0 Å². The molecule has 0 bridgehead atoms. The topological polar surface area (TPSA) is 46.4 Å². The number of alkyl halides is 1. The van der Waals surface area contributed by atoms with Crippen molar-refractivity contribution < 1.29 is 4.92 Å². The van der Waals surface area contributed by atoms with E-state index in [1.54, 1.807) is 12.1 Å². The predicted octanol–water partition coefficient (Wildman–Crippen LogP) is 2.40. The second-order valence-corrected chi connectivity index (χ2v) is 3.37. The molecule has 4 nitrogen and oxygen atoms in total. The van der Waals surface area contributed by atoms with E-state index in [0.717, 1.165) is 5.69 Å². The molecule has 0 aromatic heterocycles. The number of anilines is 1. The fourth-order valence-corrected chi connectivity index (χ4v) is 1.35. The molecule has 0 aliphatic carbocycles. The van der Waals surface area contributed by atoms with Crippen LogP contribution in [0.1, 0.15) is 5.56 Å². The summed E-state index contributed by atoms with van der Waals surface area (Å²) < 4.78 is 0. The van der Waals surface area contributed by atoms with Crippen molar-refractivity contribution in [1.29, 1.82) is 0 Å². The van der Waals surface area contributed by atoms with Crippen molar-refractivity contribution in [2.45, 2.75) is 5.88 Å². The third-order valence-corrected chi connectivity index (χ3v) is 2.21. The first-order valence-electron chi connectivity index (χ1n) is 4.07. The van der Waals surface area contributed by atoms with Crippen molar-refractivity contribution in [1.82, 2.24) is 0 Å². The van der Waals surface area contributed by atoms with Gasteiger partial charge in [0.15, 0.2) is 0 Å². The minimum atomic E-state index is -0.419. The van der Waals surface area contributed by atoms with Gasteiger partial charge in [0.25, 0.3) is 5.69 Å². The molecular formula is C9H11ClN2O2. The zero-order valence-corrected chi connectivity index (χ0v) is 8.78. The van der Waals surface area contributed by atoms with Crippen LogP contribution < -0.4 is 4.90 Å². The minimum absolute atomic E-state index is 0.0746. The Bertz CT molecular complexity index is 353. The highest BCUT2D eigenvalue weighted by Gasteiger charge is 2.13. The van der Waals surface area contributed by atoms with Crippen LogP contribution in [0.25, 0.3) is 0 Å². The van der Waals surface area contributed by atoms with Crippen molar-refractivity contribution in [3.63, 3.8) is 0 Å². The largest absolute Gasteiger partial charge is 0.378 e. The third-order valence-electron chi connectivity index (χ3n) is 1.92. The van der Waals surface area contributed by atoms with Gasteiger partial charge in [-0.05, 0) is 12.1 Å². The molecule has 0 saturated carbocycles. The van der Waals surface area contributed by atoms with Crippen molar-refractivity contribution in [2.24, 2.45) is 0 Å². The number of hydrogen-bond donors (Lipinski definition) is 0. The number of rotatable bonds is 3. The lowest BCUT2D eigenvalue weighted by Crippen LogP contribution is -2.09. The van der Waals surface area contributed by atoms with Crippen LogP contribution in [0, 0.1) is 10.1 Å². The first-order chi connectivity index (χ1) is 6.56. The molecule has 0 unspecified atom stereocenters. The molecule has 1 aromatic rings. The van der Waals surface area contributed by atoms with Gasteiger partial charge in [-0.3, -0.25) is 10.1 Å². The van der Waals surface area contributed by atoms with Gasteiger partial charge in [0.05, 0.1) is 10.8 Å². The van der Waals surface area contributed by atoms with Crippen LogP contribution in [0.15, 0.2) is 18.2 Å². The Hall–Kier alpha value is -1.29. The fraction of sp³-hybridized carbons (Fsp3) is 0.333. The van der Waals surface area contributed by atoms with E-state index in [2.05, 4.69) is 0 Å². The lowest BCUT2D eigenvalue weighted by atomic mass is 10.2. The number of nitro groups is 1. The molecule has 0 heterocycles. The molecule has 0 spiro atoms. The Morgan fingerprint density at radius 3 is 2.57 bits per heavy atom. The van der Waals surface area contributed by atoms with E-state index in [9.17, 15) is 10.1 Å². The molecule has 0 atom stereocenters. The Balaban J connectivity index is 3.18. The standard InChI is InChI=1S/C9H11ClN2O2/c1-11(2)8-3-4-9(12(13)14)7(5-8)6-10/h3-5H,6H2,1-2H3. The van der Waals surface area contributed by atoms with Crippen LogP contribution in [0.3, 0.4) is 0 Å². The van der Waals surface area contributed by atoms with Gasteiger partial charge in [-0.2, -0.15) is 0 Å². The molecule has 0 aliphatic heterocycles. The third kappa shape index (κ3) is 2.14. The van der Waals surface area contributed by atoms with Crippen LogP contribution in [0.2, 0.25) is 0 Å². The Kier molecular flexibility index (Phi) is 3.30. The summed E-state index contributed by atoms with van der Waals surface area (Å²) in [5, 5.41) is 10.6. The average Bonchev–Trinajstić information content (AvgIpc) is 2.16. The first-order valence-corrected chi connectivity index (χ1v) is 4.60. The maximum Gasteiger partial charge on any atom is 0.273 e. The zero-order chi connectivity index (χ0) is 10.7. The van der Waals surface area contributed by atoms with E-state index in [4.69, 9.17) is 11.6 Å². The molecule has 0 aliphatic rings. The number of halogens is 1. The van der Waals surface area contributed by atoms with Gasteiger partial charge in [0, 0.05) is 31.4 Å². The molecule has 0 amide bonds. The predicted molar refractivity (Wildman–Crippen MR) is 57.0 cm³/mol. The lowest BCUT2D eigenvalue weighted by Gasteiger charge is -2.12. The fourth-order valence-electron chi connectivity index (χ4n) is 1.14. The van der Waals surface area contributed by atoms with Crippen molar-refractivity contribution in [2.75, 3.05) is 19.0 Å². The van der Waals surface area contributed by atoms with E-state index >= 15 is 0 Å². The molecule has 5 heteroatoms. The molecule has 0 fully saturated rings. The minimum Gasteiger partial charge on any atom is -0.378 e. The summed E-state index contributed by atoms with van der Waals surface area (Å²) in [5.41, 5.74) is 1.53. The zero-order valence-electron chi connectivity index (χ0n) is 8.03. The number of nitrogens with zero attached hydrogens (tertiary/aromatic N) is 2. The monoisotopic (exact) mass is 214 g/mol. The number of hydrogen-bond acceptors (Lipinski definition) is 3. The summed E-state index contributed by atoms with van der Waals surface area (Å²) in [5.74, 6) is 0.151. The second-order valence-electron chi connectivity index (χ2n) is 3.10. The summed E-state index contributed by atoms with van der Waals surface area (Å²) in [6, 6.07) is 4.91. The van der Waals surface area contributed by atoms with Crippen LogP contribution in [-0.2, 0) is 5.88 Å². The highest BCUT2D eigenvalue weighted by atomic mass is 35.5. The molecule has 1 aromatic carbocycles. The molecule has 1 rings (SSSR count). The van der Waals surface area contributed by atoms with Gasteiger partial charge in [-0.1, -0.05) is 0 Å². The summed E-state index contributed by atoms with van der Waals surface area (Å²) >= 11 is 5.63. The maximum atomic E-state index is 10.6. The van der Waals surface area contributed by atoms with Gasteiger partial charge in [0.2, 0.25) is 0 Å². The molecular weight excluding hydrogens is 204 g/mol. The molecule has 0 N–H and O–H groups in total. The SMILES string of the molecule is CN(C)c1ccc([N+](=O)[O-])c(CCl)c1. The first kappa shape index (κ1) is 10.8. The Morgan fingerprint density at radius 1 is 1.50 bits per heavy atom. The maximum absolute atomic E-state index is 10.6. The van der Waals surface area contributed by atoms with Gasteiger partial charge in [-0.15, -0.1) is 11.6 Å². The van der Waals surface area contributed by atoms with Crippen LogP contribution >= 0.6 is 11.6 Å². The van der Waals surface area contributed by atoms with Crippen LogP contribution in [0.4, 0.5) is 11.4 Å². The van der Waals surface area contributed by atoms with Gasteiger partial charge >= 0.3 is 0 Å². The van der Waals surface area contributed by atoms with E-state index < -0.39 is 4.92 Å². The summed E-state index contributed by atoms with van der Waals surface area (Å²) in [7, 11) is 3.75.